The summed E-state index contributed by atoms with van der Waals surface area (Å²) in [4.78, 5) is 0.834. The smallest absolute Gasteiger partial charge is 0.448 e. The Labute approximate surface area is 82.8 Å². The van der Waals surface area contributed by atoms with Crippen molar-refractivity contribution in [2.24, 2.45) is 0 Å². The highest BCUT2D eigenvalue weighted by Gasteiger charge is 2.40. The van der Waals surface area contributed by atoms with Crippen LogP contribution in [0.1, 0.15) is 17.4 Å². The van der Waals surface area contributed by atoms with Crippen LogP contribution in [-0.4, -0.2) is 6.18 Å². The number of hydrogen-bond donors (Lipinski definition) is 0. The van der Waals surface area contributed by atoms with E-state index in [-0.39, 0.29) is 0 Å². The number of allylic oxidation sites excluding steroid dienone is 1. The molecule has 76 valence electrons. The van der Waals surface area contributed by atoms with E-state index in [1.807, 2.05) is 5.38 Å². The molecule has 14 heavy (non-hydrogen) atoms. The van der Waals surface area contributed by atoms with Crippen LogP contribution in [0, 0.1) is 0 Å². The maximum absolute atomic E-state index is 12.2. The van der Waals surface area contributed by atoms with Crippen molar-refractivity contribution in [3.63, 3.8) is 0 Å². The summed E-state index contributed by atoms with van der Waals surface area (Å²) in [6.45, 7) is 0. The monoisotopic (exact) mass is 220 g/mol. The maximum Gasteiger partial charge on any atom is 0.448 e. The van der Waals surface area contributed by atoms with Crippen molar-refractivity contribution >= 4 is 11.3 Å². The molecule has 0 N–H and O–H groups in total. The van der Waals surface area contributed by atoms with Crippen molar-refractivity contribution in [3.8, 4) is 0 Å². The van der Waals surface area contributed by atoms with Gasteiger partial charge in [0.25, 0.3) is 0 Å². The van der Waals surface area contributed by atoms with Gasteiger partial charge in [0.05, 0.1) is 0 Å². The van der Waals surface area contributed by atoms with E-state index < -0.39 is 18.0 Å². The van der Waals surface area contributed by atoms with Gasteiger partial charge in [0, 0.05) is 11.3 Å². The first-order valence-electron chi connectivity index (χ1n) is 4.05. The molecule has 0 aliphatic carbocycles. The van der Waals surface area contributed by atoms with Crippen molar-refractivity contribution in [1.82, 2.24) is 0 Å². The minimum Gasteiger partial charge on any atom is -0.480 e. The summed E-state index contributed by atoms with van der Waals surface area (Å²) < 4.78 is 41.4. The molecule has 0 bridgehead atoms. The fourth-order valence-electron chi connectivity index (χ4n) is 1.29. The number of alkyl halides is 3. The van der Waals surface area contributed by atoms with Gasteiger partial charge in [-0.1, -0.05) is 6.07 Å². The molecule has 0 fully saturated rings. The van der Waals surface area contributed by atoms with Crippen molar-refractivity contribution in [3.05, 3.63) is 34.2 Å². The van der Waals surface area contributed by atoms with Crippen LogP contribution < -0.4 is 0 Å². The van der Waals surface area contributed by atoms with Gasteiger partial charge in [0.2, 0.25) is 0 Å². The number of halogens is 3. The molecule has 0 saturated carbocycles. The predicted octanol–water partition coefficient (Wildman–Crippen LogP) is 3.66. The lowest BCUT2D eigenvalue weighted by atomic mass is 10.2. The Morgan fingerprint density at radius 2 is 2.21 bits per heavy atom. The SMILES string of the molecule is FC(F)(F)C1=CC[C@H](c2cccs2)O1. The third-order valence-corrected chi connectivity index (χ3v) is 2.89. The van der Waals surface area contributed by atoms with Gasteiger partial charge in [-0.25, -0.2) is 0 Å². The summed E-state index contributed by atoms with van der Waals surface area (Å²) in [5, 5.41) is 1.82. The summed E-state index contributed by atoms with van der Waals surface area (Å²) in [6.07, 6.45) is -3.40. The predicted molar refractivity (Wildman–Crippen MR) is 46.9 cm³/mol. The molecule has 0 unspecified atom stereocenters. The normalized spacial score (nSPS) is 21.9. The fraction of sp³-hybridized carbons (Fsp3) is 0.333. The van der Waals surface area contributed by atoms with Crippen LogP contribution in [0.2, 0.25) is 0 Å². The topological polar surface area (TPSA) is 9.23 Å². The van der Waals surface area contributed by atoms with Crippen molar-refractivity contribution in [2.75, 3.05) is 0 Å². The number of thiophene rings is 1. The minimum atomic E-state index is -4.36. The summed E-state index contributed by atoms with van der Waals surface area (Å²) in [7, 11) is 0. The molecule has 0 radical (unpaired) electrons. The van der Waals surface area contributed by atoms with Crippen molar-refractivity contribution in [1.29, 1.82) is 0 Å². The van der Waals surface area contributed by atoms with Crippen LogP contribution in [0.15, 0.2) is 29.3 Å². The van der Waals surface area contributed by atoms with Gasteiger partial charge in [-0.15, -0.1) is 11.3 Å². The molecule has 0 spiro atoms. The largest absolute Gasteiger partial charge is 0.480 e. The van der Waals surface area contributed by atoms with Gasteiger partial charge in [-0.05, 0) is 17.5 Å². The van der Waals surface area contributed by atoms with E-state index in [1.54, 1.807) is 12.1 Å². The molecule has 1 nitrogen and oxygen atoms in total. The molecule has 5 heteroatoms. The summed E-state index contributed by atoms with van der Waals surface area (Å²) in [5.41, 5.74) is 0. The molecule has 1 aliphatic heterocycles. The lowest BCUT2D eigenvalue weighted by molar-refractivity contribution is -0.133. The minimum absolute atomic E-state index is 0.301. The highest BCUT2D eigenvalue weighted by atomic mass is 32.1. The number of hydrogen-bond acceptors (Lipinski definition) is 2. The Morgan fingerprint density at radius 1 is 1.43 bits per heavy atom. The second kappa shape index (κ2) is 3.31. The Balaban J connectivity index is 2.07. The molecular weight excluding hydrogens is 213 g/mol. The molecule has 1 atom stereocenters. The van der Waals surface area contributed by atoms with Crippen molar-refractivity contribution < 1.29 is 17.9 Å². The van der Waals surface area contributed by atoms with Gasteiger partial charge in [0.15, 0.2) is 5.76 Å². The summed E-state index contributed by atoms with van der Waals surface area (Å²) in [5.74, 6) is -0.865. The van der Waals surface area contributed by atoms with E-state index in [0.29, 0.717) is 6.42 Å². The Kier molecular flexibility index (Phi) is 2.26. The summed E-state index contributed by atoms with van der Waals surface area (Å²) >= 11 is 1.41. The van der Waals surface area contributed by atoms with Crippen LogP contribution in [0.3, 0.4) is 0 Å². The lowest BCUT2D eigenvalue weighted by Gasteiger charge is -2.13. The number of ether oxygens (including phenoxy) is 1. The van der Waals surface area contributed by atoms with Crippen LogP contribution in [-0.2, 0) is 4.74 Å². The second-order valence-electron chi connectivity index (χ2n) is 2.92. The molecule has 0 amide bonds. The third kappa shape index (κ3) is 1.77. The summed E-state index contributed by atoms with van der Waals surface area (Å²) in [6, 6.07) is 3.58. The van der Waals surface area contributed by atoms with Gasteiger partial charge in [-0.3, -0.25) is 0 Å². The first-order chi connectivity index (χ1) is 6.57. The quantitative estimate of drug-likeness (QED) is 0.701. The number of rotatable bonds is 1. The zero-order chi connectivity index (χ0) is 10.2. The second-order valence-corrected chi connectivity index (χ2v) is 3.90. The highest BCUT2D eigenvalue weighted by molar-refractivity contribution is 7.10. The maximum atomic E-state index is 12.2. The molecule has 2 heterocycles. The molecule has 0 aromatic carbocycles. The molecule has 0 saturated heterocycles. The molecular formula is C9H7F3OS. The van der Waals surface area contributed by atoms with E-state index >= 15 is 0 Å². The van der Waals surface area contributed by atoms with Crippen LogP contribution in [0.5, 0.6) is 0 Å². The van der Waals surface area contributed by atoms with Crippen LogP contribution >= 0.6 is 11.3 Å². The van der Waals surface area contributed by atoms with E-state index in [4.69, 9.17) is 4.74 Å². The van der Waals surface area contributed by atoms with E-state index in [9.17, 15) is 13.2 Å². The zero-order valence-corrected chi connectivity index (χ0v) is 7.86. The standard InChI is InChI=1S/C9H7F3OS/c10-9(11,12)8-4-3-6(13-8)7-2-1-5-14-7/h1-2,4-6H,3H2/t6-/m1/s1. The third-order valence-electron chi connectivity index (χ3n) is 1.93. The Morgan fingerprint density at radius 3 is 2.71 bits per heavy atom. The van der Waals surface area contributed by atoms with E-state index in [0.717, 1.165) is 11.0 Å². The van der Waals surface area contributed by atoms with Gasteiger partial charge in [-0.2, -0.15) is 13.2 Å². The average molecular weight is 220 g/mol. The Hall–Kier alpha value is -0.970. The van der Waals surface area contributed by atoms with Gasteiger partial charge >= 0.3 is 6.18 Å². The molecule has 1 aromatic rings. The van der Waals surface area contributed by atoms with E-state index in [1.165, 1.54) is 11.3 Å². The van der Waals surface area contributed by atoms with Crippen molar-refractivity contribution in [2.45, 2.75) is 18.7 Å². The first-order valence-corrected chi connectivity index (χ1v) is 4.93. The van der Waals surface area contributed by atoms with Crippen LogP contribution in [0.4, 0.5) is 13.2 Å². The van der Waals surface area contributed by atoms with Gasteiger partial charge < -0.3 is 4.74 Å². The highest BCUT2D eigenvalue weighted by Crippen LogP contribution is 2.39. The molecule has 1 aromatic heterocycles. The Bertz CT molecular complexity index is 339. The first kappa shape index (κ1) is 9.58. The van der Waals surface area contributed by atoms with E-state index in [2.05, 4.69) is 0 Å². The zero-order valence-electron chi connectivity index (χ0n) is 7.04. The van der Waals surface area contributed by atoms with Crippen LogP contribution in [0.25, 0.3) is 0 Å². The average Bonchev–Trinajstić information content (AvgIpc) is 2.73. The molecule has 2 rings (SSSR count). The van der Waals surface area contributed by atoms with Gasteiger partial charge in [0.1, 0.15) is 6.10 Å². The molecule has 1 aliphatic rings. The lowest BCUT2D eigenvalue weighted by Crippen LogP contribution is -2.12. The fourth-order valence-corrected chi connectivity index (χ4v) is 2.06.